The number of amides is 1. The summed E-state index contributed by atoms with van der Waals surface area (Å²) in [6.07, 6.45) is 0. The van der Waals surface area contributed by atoms with Gasteiger partial charge in [0.15, 0.2) is 0 Å². The van der Waals surface area contributed by atoms with Crippen LogP contribution in [0.4, 0.5) is 4.39 Å². The maximum absolute atomic E-state index is 13.1. The summed E-state index contributed by atoms with van der Waals surface area (Å²) in [5.74, 6) is 1.02. The van der Waals surface area contributed by atoms with Crippen LogP contribution in [0.5, 0.6) is 11.5 Å². The smallest absolute Gasteiger partial charge is 0.237 e. The van der Waals surface area contributed by atoms with Crippen LogP contribution in [0.2, 0.25) is 0 Å². The molecule has 4 N–H and O–H groups in total. The van der Waals surface area contributed by atoms with Crippen LogP contribution in [0.15, 0.2) is 42.5 Å². The standard InChI is InChI=1S/C21H25FN4O3/c1-13(23)20(27)24-11-19-25-17-9-8-16(29-15-6-4-14(22)5-7-15)10-18(17)26(19)12-21(2,3)28/h4-10,13,28H,11-12,23H2,1-3H3,(H,24,27)/t13-/m0/s1. The van der Waals surface area contributed by atoms with Crippen molar-refractivity contribution in [1.29, 1.82) is 0 Å². The van der Waals surface area contributed by atoms with E-state index in [0.29, 0.717) is 22.8 Å². The van der Waals surface area contributed by atoms with Gasteiger partial charge in [-0.25, -0.2) is 9.37 Å². The lowest BCUT2D eigenvalue weighted by Crippen LogP contribution is -2.38. The van der Waals surface area contributed by atoms with Crippen LogP contribution in [-0.4, -0.2) is 32.2 Å². The summed E-state index contributed by atoms with van der Waals surface area (Å²) in [5, 5.41) is 13.1. The Hall–Kier alpha value is -2.97. The molecule has 0 saturated heterocycles. The number of nitrogens with zero attached hydrogens (tertiary/aromatic N) is 2. The summed E-state index contributed by atoms with van der Waals surface area (Å²) < 4.78 is 20.7. The van der Waals surface area contributed by atoms with E-state index in [1.807, 2.05) is 4.57 Å². The fourth-order valence-electron chi connectivity index (χ4n) is 2.88. The largest absolute Gasteiger partial charge is 0.457 e. The summed E-state index contributed by atoms with van der Waals surface area (Å²) in [4.78, 5) is 16.4. The van der Waals surface area contributed by atoms with Crippen molar-refractivity contribution in [3.05, 3.63) is 54.1 Å². The molecule has 29 heavy (non-hydrogen) atoms. The molecule has 1 amide bonds. The van der Waals surface area contributed by atoms with Gasteiger partial charge < -0.3 is 25.5 Å². The van der Waals surface area contributed by atoms with Gasteiger partial charge in [-0.2, -0.15) is 0 Å². The number of rotatable bonds is 7. The summed E-state index contributed by atoms with van der Waals surface area (Å²) in [6.45, 7) is 5.45. The Morgan fingerprint density at radius 2 is 1.93 bits per heavy atom. The average molecular weight is 400 g/mol. The van der Waals surface area contributed by atoms with Crippen LogP contribution in [0.1, 0.15) is 26.6 Å². The number of nitrogens with two attached hydrogens (primary N) is 1. The molecule has 0 saturated carbocycles. The van der Waals surface area contributed by atoms with Crippen molar-refractivity contribution in [3.63, 3.8) is 0 Å². The van der Waals surface area contributed by atoms with E-state index in [-0.39, 0.29) is 24.8 Å². The van der Waals surface area contributed by atoms with Crippen molar-refractivity contribution in [2.75, 3.05) is 0 Å². The molecule has 154 valence electrons. The molecule has 3 rings (SSSR count). The zero-order valence-electron chi connectivity index (χ0n) is 16.6. The first-order valence-corrected chi connectivity index (χ1v) is 9.31. The fraction of sp³-hybridized carbons (Fsp3) is 0.333. The highest BCUT2D eigenvalue weighted by Crippen LogP contribution is 2.27. The number of aromatic nitrogens is 2. The second-order valence-corrected chi connectivity index (χ2v) is 7.64. The Balaban J connectivity index is 1.95. The number of fused-ring (bicyclic) bond motifs is 1. The Kier molecular flexibility index (Phi) is 5.86. The molecule has 0 unspecified atom stereocenters. The van der Waals surface area contributed by atoms with Crippen LogP contribution in [-0.2, 0) is 17.9 Å². The first-order valence-electron chi connectivity index (χ1n) is 9.31. The lowest BCUT2D eigenvalue weighted by Gasteiger charge is -2.20. The molecule has 1 atom stereocenters. The molecule has 0 aliphatic heterocycles. The van der Waals surface area contributed by atoms with Crippen molar-refractivity contribution in [2.24, 2.45) is 5.73 Å². The average Bonchev–Trinajstić information content (AvgIpc) is 2.97. The number of halogens is 1. The molecule has 1 aromatic heterocycles. The highest BCUT2D eigenvalue weighted by Gasteiger charge is 2.20. The Morgan fingerprint density at radius 3 is 2.55 bits per heavy atom. The molecule has 0 spiro atoms. The Labute approximate surface area is 168 Å². The number of benzene rings is 2. The van der Waals surface area contributed by atoms with Crippen LogP contribution in [0, 0.1) is 5.82 Å². The van der Waals surface area contributed by atoms with E-state index in [1.54, 1.807) is 51.1 Å². The molecule has 0 aliphatic rings. The minimum atomic E-state index is -0.999. The van der Waals surface area contributed by atoms with Crippen molar-refractivity contribution < 1.29 is 19.0 Å². The second-order valence-electron chi connectivity index (χ2n) is 7.64. The highest BCUT2D eigenvalue weighted by molar-refractivity contribution is 5.81. The van der Waals surface area contributed by atoms with Gasteiger partial charge in [-0.1, -0.05) is 0 Å². The molecule has 8 heteroatoms. The molecule has 0 radical (unpaired) electrons. The van der Waals surface area contributed by atoms with Gasteiger partial charge in [-0.05, 0) is 57.2 Å². The van der Waals surface area contributed by atoms with Gasteiger partial charge in [-0.15, -0.1) is 0 Å². The third-order valence-corrected chi connectivity index (χ3v) is 4.23. The summed E-state index contributed by atoms with van der Waals surface area (Å²) in [7, 11) is 0. The first-order chi connectivity index (χ1) is 13.6. The van der Waals surface area contributed by atoms with Gasteiger partial charge in [0.1, 0.15) is 23.1 Å². The molecular formula is C21H25FN4O3. The number of carbonyl (C=O) groups excluding carboxylic acids is 1. The van der Waals surface area contributed by atoms with E-state index in [1.165, 1.54) is 12.1 Å². The van der Waals surface area contributed by atoms with Crippen molar-refractivity contribution in [3.8, 4) is 11.5 Å². The van der Waals surface area contributed by atoms with Gasteiger partial charge in [0.2, 0.25) is 5.91 Å². The molecule has 0 bridgehead atoms. The Morgan fingerprint density at radius 1 is 1.28 bits per heavy atom. The molecular weight excluding hydrogens is 375 g/mol. The maximum Gasteiger partial charge on any atom is 0.237 e. The topological polar surface area (TPSA) is 102 Å². The van der Waals surface area contributed by atoms with Gasteiger partial charge in [0.25, 0.3) is 0 Å². The fourth-order valence-corrected chi connectivity index (χ4v) is 2.88. The summed E-state index contributed by atoms with van der Waals surface area (Å²) >= 11 is 0. The first kappa shape index (κ1) is 20.8. The number of carbonyl (C=O) groups is 1. The molecule has 3 aromatic rings. The summed E-state index contributed by atoms with van der Waals surface area (Å²) in [5.41, 5.74) is 6.05. The van der Waals surface area contributed by atoms with Crippen LogP contribution < -0.4 is 15.8 Å². The highest BCUT2D eigenvalue weighted by atomic mass is 19.1. The second kappa shape index (κ2) is 8.18. The SMILES string of the molecule is C[C@H](N)C(=O)NCc1nc2ccc(Oc3ccc(F)cc3)cc2n1CC(C)(C)O. The normalized spacial score (nSPS) is 12.8. The van der Waals surface area contributed by atoms with E-state index >= 15 is 0 Å². The van der Waals surface area contributed by atoms with Crippen LogP contribution in [0.3, 0.4) is 0 Å². The quantitative estimate of drug-likeness (QED) is 0.566. The monoisotopic (exact) mass is 400 g/mol. The number of hydrogen-bond donors (Lipinski definition) is 3. The lowest BCUT2D eigenvalue weighted by molar-refractivity contribution is -0.122. The van der Waals surface area contributed by atoms with Gasteiger partial charge in [-0.3, -0.25) is 4.79 Å². The number of nitrogens with one attached hydrogen (secondary N) is 1. The van der Waals surface area contributed by atoms with Gasteiger partial charge >= 0.3 is 0 Å². The Bertz CT molecular complexity index is 1010. The van der Waals surface area contributed by atoms with E-state index in [0.717, 1.165) is 5.52 Å². The molecule has 7 nitrogen and oxygen atoms in total. The van der Waals surface area contributed by atoms with E-state index in [9.17, 15) is 14.3 Å². The van der Waals surface area contributed by atoms with Crippen molar-refractivity contribution in [2.45, 2.75) is 45.5 Å². The van der Waals surface area contributed by atoms with Crippen molar-refractivity contribution >= 4 is 16.9 Å². The third kappa shape index (κ3) is 5.30. The number of aliphatic hydroxyl groups is 1. The zero-order chi connectivity index (χ0) is 21.2. The summed E-state index contributed by atoms with van der Waals surface area (Å²) in [6, 6.07) is 10.5. The van der Waals surface area contributed by atoms with Gasteiger partial charge in [0, 0.05) is 6.07 Å². The number of ether oxygens (including phenoxy) is 1. The van der Waals surface area contributed by atoms with E-state index in [2.05, 4.69) is 10.3 Å². The van der Waals surface area contributed by atoms with Gasteiger partial charge in [0.05, 0.1) is 35.8 Å². The maximum atomic E-state index is 13.1. The minimum absolute atomic E-state index is 0.180. The number of hydrogen-bond acceptors (Lipinski definition) is 5. The molecule has 0 fully saturated rings. The molecule has 0 aliphatic carbocycles. The predicted molar refractivity (Wildman–Crippen MR) is 108 cm³/mol. The van der Waals surface area contributed by atoms with Crippen LogP contribution in [0.25, 0.3) is 11.0 Å². The molecule has 1 heterocycles. The predicted octanol–water partition coefficient (Wildman–Crippen LogP) is 2.70. The lowest BCUT2D eigenvalue weighted by atomic mass is 10.1. The van der Waals surface area contributed by atoms with E-state index < -0.39 is 11.6 Å². The van der Waals surface area contributed by atoms with Crippen LogP contribution >= 0.6 is 0 Å². The number of imidazole rings is 1. The minimum Gasteiger partial charge on any atom is -0.457 e. The zero-order valence-corrected chi connectivity index (χ0v) is 16.6. The third-order valence-electron chi connectivity index (χ3n) is 4.23. The van der Waals surface area contributed by atoms with Crippen molar-refractivity contribution in [1.82, 2.24) is 14.9 Å². The molecule has 2 aromatic carbocycles. The van der Waals surface area contributed by atoms with E-state index in [4.69, 9.17) is 10.5 Å².